The van der Waals surface area contributed by atoms with E-state index in [9.17, 15) is 8.42 Å². The van der Waals surface area contributed by atoms with Crippen LogP contribution in [0, 0.1) is 0 Å². The first-order valence-electron chi connectivity index (χ1n) is 11.9. The smallest absolute Gasteiger partial charge is 0.320 e. The fourth-order valence-corrected chi connectivity index (χ4v) is 3.37. The maximum Gasteiger partial charge on any atom is 0.399 e. The second-order valence-corrected chi connectivity index (χ2v) is 8.57. The zero-order chi connectivity index (χ0) is 22.1. The molecule has 0 aliphatic rings. The standard InChI is InChI=1S/C20H40O4S.C3H9N/c1-3-5-6-7-8-9-10-11-12-13-14-15-16-17-18-19-20-24-25(21,22)23-4-2;1-3-4-2/h11-12H,3-10,13-20H2,1-2H3;4H,3H2,1-2H3/b12-11-;. The van der Waals surface area contributed by atoms with Gasteiger partial charge in [-0.15, -0.1) is 0 Å². The maximum atomic E-state index is 11.1. The second kappa shape index (κ2) is 25.6. The van der Waals surface area contributed by atoms with E-state index in [4.69, 9.17) is 4.18 Å². The number of unbranched alkanes of at least 4 members (excludes halogenated alkanes) is 12. The Balaban J connectivity index is 0. The Morgan fingerprint density at radius 2 is 1.14 bits per heavy atom. The lowest BCUT2D eigenvalue weighted by molar-refractivity contribution is 0.218. The van der Waals surface area contributed by atoms with Crippen LogP contribution in [-0.2, 0) is 18.8 Å². The predicted octanol–water partition coefficient (Wildman–Crippen LogP) is 6.55. The molecular formula is C23H49NO4S. The van der Waals surface area contributed by atoms with Crippen molar-refractivity contribution in [3.8, 4) is 0 Å². The van der Waals surface area contributed by atoms with Gasteiger partial charge in [0, 0.05) is 0 Å². The van der Waals surface area contributed by atoms with E-state index in [0.29, 0.717) is 0 Å². The van der Waals surface area contributed by atoms with Gasteiger partial charge in [-0.3, -0.25) is 0 Å². The molecule has 0 amide bonds. The van der Waals surface area contributed by atoms with Gasteiger partial charge in [-0.25, -0.2) is 8.37 Å². The molecule has 1 N–H and O–H groups in total. The van der Waals surface area contributed by atoms with Gasteiger partial charge in [-0.05, 0) is 52.6 Å². The van der Waals surface area contributed by atoms with Crippen molar-refractivity contribution >= 4 is 10.4 Å². The summed E-state index contributed by atoms with van der Waals surface area (Å²) in [5, 5.41) is 2.93. The average molecular weight is 436 g/mol. The predicted molar refractivity (Wildman–Crippen MR) is 126 cm³/mol. The average Bonchev–Trinajstić information content (AvgIpc) is 2.70. The van der Waals surface area contributed by atoms with Gasteiger partial charge in [0.05, 0.1) is 13.2 Å². The molecule has 0 aliphatic carbocycles. The molecule has 0 rings (SSSR count). The highest BCUT2D eigenvalue weighted by Gasteiger charge is 2.09. The van der Waals surface area contributed by atoms with Crippen LogP contribution in [-0.4, -0.2) is 35.2 Å². The van der Waals surface area contributed by atoms with E-state index in [0.717, 1.165) is 25.8 Å². The number of allylic oxidation sites excluding steroid dienone is 2. The summed E-state index contributed by atoms with van der Waals surface area (Å²) in [6, 6.07) is 0. The lowest BCUT2D eigenvalue weighted by Crippen LogP contribution is -2.10. The Morgan fingerprint density at radius 1 is 0.690 bits per heavy atom. The SMILES string of the molecule is CCCCCCCC/C=C\CCCCCCCCOS(=O)(=O)OCC.CCNC. The number of rotatable bonds is 20. The molecule has 0 atom stereocenters. The minimum Gasteiger partial charge on any atom is -0.320 e. The van der Waals surface area contributed by atoms with Crippen LogP contribution < -0.4 is 5.32 Å². The number of hydrogen-bond acceptors (Lipinski definition) is 5. The van der Waals surface area contributed by atoms with E-state index in [2.05, 4.69) is 35.5 Å². The highest BCUT2D eigenvalue weighted by molar-refractivity contribution is 7.81. The Labute approximate surface area is 182 Å². The van der Waals surface area contributed by atoms with Crippen molar-refractivity contribution in [2.45, 2.75) is 111 Å². The summed E-state index contributed by atoms with van der Waals surface area (Å²) >= 11 is 0. The van der Waals surface area contributed by atoms with Gasteiger partial charge in [-0.2, -0.15) is 8.42 Å². The summed E-state index contributed by atoms with van der Waals surface area (Å²) in [7, 11) is -1.83. The molecule has 0 saturated heterocycles. The lowest BCUT2D eigenvalue weighted by Gasteiger charge is -2.04. The minimum atomic E-state index is -3.76. The molecular weight excluding hydrogens is 386 g/mol. The van der Waals surface area contributed by atoms with Crippen molar-refractivity contribution in [3.05, 3.63) is 12.2 Å². The third-order valence-electron chi connectivity index (χ3n) is 4.50. The lowest BCUT2D eigenvalue weighted by atomic mass is 10.1. The van der Waals surface area contributed by atoms with Crippen molar-refractivity contribution in [1.29, 1.82) is 0 Å². The minimum absolute atomic E-state index is 0.121. The van der Waals surface area contributed by atoms with Crippen molar-refractivity contribution in [2.24, 2.45) is 0 Å². The Hall–Kier alpha value is -0.430. The van der Waals surface area contributed by atoms with Gasteiger partial charge >= 0.3 is 10.4 Å². The molecule has 0 fully saturated rings. The van der Waals surface area contributed by atoms with Crippen LogP contribution >= 0.6 is 0 Å². The molecule has 6 heteroatoms. The molecule has 176 valence electrons. The summed E-state index contributed by atoms with van der Waals surface area (Å²) in [5.41, 5.74) is 0. The quantitative estimate of drug-likeness (QED) is 0.173. The van der Waals surface area contributed by atoms with E-state index >= 15 is 0 Å². The van der Waals surface area contributed by atoms with E-state index in [1.165, 1.54) is 70.6 Å². The van der Waals surface area contributed by atoms with E-state index < -0.39 is 10.4 Å². The summed E-state index contributed by atoms with van der Waals surface area (Å²) < 4.78 is 31.5. The number of hydrogen-bond donors (Lipinski definition) is 1. The van der Waals surface area contributed by atoms with Crippen LogP contribution in [0.25, 0.3) is 0 Å². The molecule has 0 spiro atoms. The summed E-state index contributed by atoms with van der Waals surface area (Å²) in [6.45, 7) is 7.37. The van der Waals surface area contributed by atoms with E-state index in [1.807, 2.05) is 7.05 Å². The van der Waals surface area contributed by atoms with Crippen LogP contribution in [0.15, 0.2) is 12.2 Å². The third kappa shape index (κ3) is 29.9. The molecule has 0 radical (unpaired) electrons. The normalized spacial score (nSPS) is 11.6. The second-order valence-electron chi connectivity index (χ2n) is 7.28. The topological polar surface area (TPSA) is 64.6 Å². The first kappa shape index (κ1) is 30.8. The van der Waals surface area contributed by atoms with Crippen molar-refractivity contribution in [1.82, 2.24) is 5.32 Å². The van der Waals surface area contributed by atoms with Gasteiger partial charge in [0.25, 0.3) is 0 Å². The molecule has 0 aliphatic heterocycles. The molecule has 5 nitrogen and oxygen atoms in total. The van der Waals surface area contributed by atoms with Crippen LogP contribution in [0.4, 0.5) is 0 Å². The van der Waals surface area contributed by atoms with E-state index in [1.54, 1.807) is 6.92 Å². The first-order valence-corrected chi connectivity index (χ1v) is 13.2. The fraction of sp³-hybridized carbons (Fsp3) is 0.913. The fourth-order valence-electron chi connectivity index (χ4n) is 2.69. The summed E-state index contributed by atoms with van der Waals surface area (Å²) in [4.78, 5) is 0. The molecule has 0 bridgehead atoms. The van der Waals surface area contributed by atoms with Gasteiger partial charge < -0.3 is 5.32 Å². The van der Waals surface area contributed by atoms with Crippen molar-refractivity contribution in [3.63, 3.8) is 0 Å². The Morgan fingerprint density at radius 3 is 1.59 bits per heavy atom. The third-order valence-corrected chi connectivity index (χ3v) is 5.48. The molecule has 0 unspecified atom stereocenters. The monoisotopic (exact) mass is 435 g/mol. The summed E-state index contributed by atoms with van der Waals surface area (Å²) in [5.74, 6) is 0. The Kier molecular flexibility index (Phi) is 27.2. The zero-order valence-electron chi connectivity index (χ0n) is 19.7. The highest BCUT2D eigenvalue weighted by Crippen LogP contribution is 2.10. The van der Waals surface area contributed by atoms with Gasteiger partial charge in [0.15, 0.2) is 0 Å². The van der Waals surface area contributed by atoms with Crippen LogP contribution in [0.5, 0.6) is 0 Å². The van der Waals surface area contributed by atoms with Crippen LogP contribution in [0.3, 0.4) is 0 Å². The molecule has 29 heavy (non-hydrogen) atoms. The molecule has 0 aromatic carbocycles. The molecule has 0 heterocycles. The zero-order valence-corrected chi connectivity index (χ0v) is 20.5. The number of nitrogens with one attached hydrogen (secondary N) is 1. The van der Waals surface area contributed by atoms with Crippen LogP contribution in [0.2, 0.25) is 0 Å². The van der Waals surface area contributed by atoms with Crippen molar-refractivity contribution < 1.29 is 16.8 Å². The Bertz CT molecular complexity index is 423. The van der Waals surface area contributed by atoms with E-state index in [-0.39, 0.29) is 13.2 Å². The summed E-state index contributed by atoms with van der Waals surface area (Å²) in [6.07, 6.45) is 21.9. The highest BCUT2D eigenvalue weighted by atomic mass is 32.3. The van der Waals surface area contributed by atoms with Gasteiger partial charge in [-0.1, -0.05) is 83.8 Å². The molecule has 0 aromatic rings. The largest absolute Gasteiger partial charge is 0.399 e. The first-order chi connectivity index (χ1) is 14.0. The van der Waals surface area contributed by atoms with Crippen LogP contribution in [0.1, 0.15) is 111 Å². The van der Waals surface area contributed by atoms with Crippen molar-refractivity contribution in [2.75, 3.05) is 26.8 Å². The van der Waals surface area contributed by atoms with Gasteiger partial charge in [0.1, 0.15) is 0 Å². The molecule has 0 saturated carbocycles. The maximum absolute atomic E-state index is 11.1. The molecule has 0 aromatic heterocycles. The van der Waals surface area contributed by atoms with Gasteiger partial charge in [0.2, 0.25) is 0 Å².